The van der Waals surface area contributed by atoms with Crippen LogP contribution in [0.4, 0.5) is 0 Å². The fourth-order valence-electron chi connectivity index (χ4n) is 2.88. The molecule has 3 rings (SSSR count). The average Bonchev–Trinajstić information content (AvgIpc) is 3.24. The molecule has 0 aliphatic heterocycles. The van der Waals surface area contributed by atoms with E-state index in [1.807, 2.05) is 73.0 Å². The Morgan fingerprint density at radius 2 is 1.76 bits per heavy atom. The Bertz CT molecular complexity index is 1010. The predicted octanol–water partition coefficient (Wildman–Crippen LogP) is 4.97. The number of likely N-dealkylation sites (N-methyl/N-ethyl adjacent to an activating group) is 1. The first-order chi connectivity index (χ1) is 14.0. The summed E-state index contributed by atoms with van der Waals surface area (Å²) >= 11 is 1.46. The Balaban J connectivity index is 1.97. The van der Waals surface area contributed by atoms with Gasteiger partial charge in [-0.1, -0.05) is 66.2 Å². The first kappa shape index (κ1) is 20.6. The molecule has 0 radical (unpaired) electrons. The topological polar surface area (TPSA) is 46.6 Å². The van der Waals surface area contributed by atoms with E-state index in [9.17, 15) is 9.59 Å². The molecule has 0 unspecified atom stereocenters. The van der Waals surface area contributed by atoms with Gasteiger partial charge in [-0.25, -0.2) is 4.79 Å². The Labute approximate surface area is 175 Å². The van der Waals surface area contributed by atoms with Crippen molar-refractivity contribution in [1.82, 2.24) is 4.90 Å². The molecule has 0 N–H and O–H groups in total. The van der Waals surface area contributed by atoms with Crippen molar-refractivity contribution in [3.8, 4) is 0 Å². The van der Waals surface area contributed by atoms with Gasteiger partial charge in [0.05, 0.1) is 5.57 Å². The molecule has 1 heterocycles. The SMILES string of the molecule is Cc1cccc(/C=C(/C(=O)O[C@@H](C(=O)N(C)C)c2ccccc2)c2cccs2)c1. The molecule has 0 saturated heterocycles. The standard InChI is InChI=1S/C24H23NO3S/c1-17-9-7-10-18(15-17)16-20(21-13-8-14-29-21)24(27)28-22(23(26)25(2)3)19-11-5-4-6-12-19/h4-16,22H,1-3H3/b20-16+/t22-/m1/s1. The second kappa shape index (κ2) is 9.34. The van der Waals surface area contributed by atoms with Crippen LogP contribution in [0.5, 0.6) is 0 Å². The van der Waals surface area contributed by atoms with E-state index in [0.717, 1.165) is 16.0 Å². The molecule has 29 heavy (non-hydrogen) atoms. The lowest BCUT2D eigenvalue weighted by Crippen LogP contribution is -2.31. The van der Waals surface area contributed by atoms with Crippen molar-refractivity contribution in [1.29, 1.82) is 0 Å². The lowest BCUT2D eigenvalue weighted by Gasteiger charge is -2.21. The second-order valence-electron chi connectivity index (χ2n) is 6.88. The highest BCUT2D eigenvalue weighted by Crippen LogP contribution is 2.28. The molecule has 148 valence electrons. The van der Waals surface area contributed by atoms with Crippen LogP contribution >= 0.6 is 11.3 Å². The molecule has 1 amide bonds. The number of carbonyl (C=O) groups excluding carboxylic acids is 2. The highest BCUT2D eigenvalue weighted by Gasteiger charge is 2.28. The van der Waals surface area contributed by atoms with Crippen LogP contribution in [0.15, 0.2) is 72.1 Å². The fourth-order valence-corrected chi connectivity index (χ4v) is 3.61. The van der Waals surface area contributed by atoms with E-state index in [1.165, 1.54) is 16.2 Å². The number of benzene rings is 2. The largest absolute Gasteiger partial charge is 0.444 e. The molecular formula is C24H23NO3S. The van der Waals surface area contributed by atoms with Gasteiger partial charge in [0.2, 0.25) is 6.10 Å². The van der Waals surface area contributed by atoms with Gasteiger partial charge in [-0.15, -0.1) is 11.3 Å². The van der Waals surface area contributed by atoms with Crippen molar-refractivity contribution in [3.05, 3.63) is 93.7 Å². The van der Waals surface area contributed by atoms with E-state index in [2.05, 4.69) is 0 Å². The van der Waals surface area contributed by atoms with Gasteiger partial charge >= 0.3 is 5.97 Å². The minimum absolute atomic E-state index is 0.286. The van der Waals surface area contributed by atoms with Crippen LogP contribution in [-0.2, 0) is 14.3 Å². The summed E-state index contributed by atoms with van der Waals surface area (Å²) in [6, 6.07) is 20.7. The van der Waals surface area contributed by atoms with Crippen LogP contribution in [0.2, 0.25) is 0 Å². The van der Waals surface area contributed by atoms with Crippen LogP contribution in [0, 0.1) is 6.92 Å². The zero-order valence-corrected chi connectivity index (χ0v) is 17.5. The summed E-state index contributed by atoms with van der Waals surface area (Å²) in [5.41, 5.74) is 3.07. The molecular weight excluding hydrogens is 382 g/mol. The third-order valence-electron chi connectivity index (χ3n) is 4.35. The van der Waals surface area contributed by atoms with Crippen molar-refractivity contribution in [3.63, 3.8) is 0 Å². The lowest BCUT2D eigenvalue weighted by molar-refractivity contribution is -0.155. The van der Waals surface area contributed by atoms with Gasteiger partial charge in [0.1, 0.15) is 0 Å². The van der Waals surface area contributed by atoms with Gasteiger partial charge < -0.3 is 9.64 Å². The molecule has 1 atom stereocenters. The molecule has 1 aromatic heterocycles. The zero-order valence-electron chi connectivity index (χ0n) is 16.7. The number of thiophene rings is 1. The first-order valence-electron chi connectivity index (χ1n) is 9.25. The zero-order chi connectivity index (χ0) is 20.8. The number of hydrogen-bond acceptors (Lipinski definition) is 4. The summed E-state index contributed by atoms with van der Waals surface area (Å²) < 4.78 is 5.76. The smallest absolute Gasteiger partial charge is 0.340 e. The van der Waals surface area contributed by atoms with Crippen LogP contribution in [-0.4, -0.2) is 30.9 Å². The Morgan fingerprint density at radius 3 is 2.38 bits per heavy atom. The number of hydrogen-bond donors (Lipinski definition) is 0. The van der Waals surface area contributed by atoms with Crippen LogP contribution in [0.3, 0.4) is 0 Å². The Kier molecular flexibility index (Phi) is 6.62. The monoisotopic (exact) mass is 405 g/mol. The molecule has 3 aromatic rings. The molecule has 0 aliphatic carbocycles. The lowest BCUT2D eigenvalue weighted by atomic mass is 10.1. The van der Waals surface area contributed by atoms with Gasteiger partial charge in [0.15, 0.2) is 0 Å². The maximum Gasteiger partial charge on any atom is 0.340 e. The number of ether oxygens (including phenoxy) is 1. The minimum atomic E-state index is -1.00. The number of carbonyl (C=O) groups is 2. The van der Waals surface area contributed by atoms with Gasteiger partial charge in [0, 0.05) is 24.5 Å². The predicted molar refractivity (Wildman–Crippen MR) is 117 cm³/mol. The van der Waals surface area contributed by atoms with E-state index < -0.39 is 12.1 Å². The summed E-state index contributed by atoms with van der Waals surface area (Å²) in [7, 11) is 3.30. The molecule has 0 spiro atoms. The summed E-state index contributed by atoms with van der Waals surface area (Å²) in [5, 5.41) is 1.91. The number of nitrogens with zero attached hydrogens (tertiary/aromatic N) is 1. The fraction of sp³-hybridized carbons (Fsp3) is 0.167. The molecule has 4 nitrogen and oxygen atoms in total. The van der Waals surface area contributed by atoms with Crippen LogP contribution in [0.25, 0.3) is 11.6 Å². The van der Waals surface area contributed by atoms with E-state index in [4.69, 9.17) is 4.74 Å². The first-order valence-corrected chi connectivity index (χ1v) is 10.1. The Morgan fingerprint density at radius 1 is 1.00 bits per heavy atom. The van der Waals surface area contributed by atoms with E-state index in [1.54, 1.807) is 26.2 Å². The molecule has 2 aromatic carbocycles. The van der Waals surface area contributed by atoms with E-state index >= 15 is 0 Å². The van der Waals surface area contributed by atoms with Gasteiger partial charge in [-0.05, 0) is 30.0 Å². The number of aryl methyl sites for hydroxylation is 1. The maximum atomic E-state index is 13.2. The third kappa shape index (κ3) is 5.21. The summed E-state index contributed by atoms with van der Waals surface area (Å²) in [4.78, 5) is 28.1. The second-order valence-corrected chi connectivity index (χ2v) is 7.83. The van der Waals surface area contributed by atoms with Crippen molar-refractivity contribution < 1.29 is 14.3 Å². The van der Waals surface area contributed by atoms with Crippen molar-refractivity contribution in [2.75, 3.05) is 14.1 Å². The molecule has 0 fully saturated rings. The van der Waals surface area contributed by atoms with Gasteiger partial charge in [0.25, 0.3) is 5.91 Å². The van der Waals surface area contributed by atoms with Gasteiger partial charge in [-0.3, -0.25) is 4.79 Å². The number of esters is 1. The van der Waals surface area contributed by atoms with Crippen LogP contribution < -0.4 is 0 Å². The van der Waals surface area contributed by atoms with E-state index in [0.29, 0.717) is 11.1 Å². The summed E-state index contributed by atoms with van der Waals surface area (Å²) in [5.74, 6) is -0.816. The number of amides is 1. The summed E-state index contributed by atoms with van der Waals surface area (Å²) in [6.45, 7) is 2.00. The van der Waals surface area contributed by atoms with Crippen molar-refractivity contribution in [2.45, 2.75) is 13.0 Å². The third-order valence-corrected chi connectivity index (χ3v) is 5.26. The van der Waals surface area contributed by atoms with Gasteiger partial charge in [-0.2, -0.15) is 0 Å². The average molecular weight is 406 g/mol. The molecule has 5 heteroatoms. The van der Waals surface area contributed by atoms with Crippen molar-refractivity contribution in [2.24, 2.45) is 0 Å². The highest BCUT2D eigenvalue weighted by molar-refractivity contribution is 7.11. The molecule has 0 saturated carbocycles. The van der Waals surface area contributed by atoms with E-state index in [-0.39, 0.29) is 5.91 Å². The van der Waals surface area contributed by atoms with Crippen molar-refractivity contribution >= 4 is 34.9 Å². The maximum absolute atomic E-state index is 13.2. The Hall–Kier alpha value is -3.18. The highest BCUT2D eigenvalue weighted by atomic mass is 32.1. The normalized spacial score (nSPS) is 12.3. The molecule has 0 aliphatic rings. The molecule has 0 bridgehead atoms. The number of rotatable bonds is 6. The van der Waals surface area contributed by atoms with Crippen LogP contribution in [0.1, 0.15) is 27.7 Å². The quantitative estimate of drug-likeness (QED) is 0.430. The summed E-state index contributed by atoms with van der Waals surface area (Å²) in [6.07, 6.45) is 0.808. The minimum Gasteiger partial charge on any atom is -0.444 e.